The van der Waals surface area contributed by atoms with Crippen molar-refractivity contribution < 1.29 is 14.3 Å². The fraction of sp³-hybridized carbons (Fsp3) is 0.304. The Bertz CT molecular complexity index is 1030. The van der Waals surface area contributed by atoms with Gasteiger partial charge in [-0.1, -0.05) is 25.5 Å². The molecule has 1 amide bonds. The zero-order chi connectivity index (χ0) is 20.8. The number of nitrogens with one attached hydrogen (secondary N) is 1. The van der Waals surface area contributed by atoms with E-state index in [2.05, 4.69) is 22.2 Å². The van der Waals surface area contributed by atoms with Crippen molar-refractivity contribution in [2.24, 2.45) is 0 Å². The molecule has 0 saturated carbocycles. The van der Waals surface area contributed by atoms with Crippen LogP contribution in [0.1, 0.15) is 47.1 Å². The van der Waals surface area contributed by atoms with E-state index in [9.17, 15) is 9.59 Å². The van der Waals surface area contributed by atoms with E-state index >= 15 is 0 Å². The molecular weight excluding hydrogens is 366 g/mol. The van der Waals surface area contributed by atoms with Crippen LogP contribution < -0.4 is 5.32 Å². The lowest BCUT2D eigenvalue weighted by molar-refractivity contribution is -0.119. The Morgan fingerprint density at radius 1 is 0.966 bits per heavy atom. The highest BCUT2D eigenvalue weighted by molar-refractivity contribution is 5.97. The monoisotopic (exact) mass is 391 g/mol. The van der Waals surface area contributed by atoms with Crippen LogP contribution in [0.4, 0.5) is 5.69 Å². The Labute approximate surface area is 170 Å². The van der Waals surface area contributed by atoms with Crippen LogP contribution in [0.15, 0.2) is 42.5 Å². The van der Waals surface area contributed by atoms with Crippen LogP contribution in [0.3, 0.4) is 0 Å². The molecule has 3 rings (SSSR count). The average molecular weight is 391 g/mol. The Hall–Kier alpha value is -3.28. The first kappa shape index (κ1) is 20.5. The standard InChI is InChI=1S/C23H25N3O3/c1-4-5-6-17-7-10-19(11-8-17)26-22(27)14-29-23(28)18-9-12-20-21(13-18)25-16(3)15(2)24-20/h7-13H,4-6,14H2,1-3H3,(H,26,27). The minimum absolute atomic E-state index is 0.336. The van der Waals surface area contributed by atoms with Crippen molar-refractivity contribution in [3.8, 4) is 0 Å². The summed E-state index contributed by atoms with van der Waals surface area (Å²) in [5.74, 6) is -0.955. The molecule has 0 saturated heterocycles. The molecular formula is C23H25N3O3. The molecule has 0 aliphatic heterocycles. The molecule has 1 heterocycles. The summed E-state index contributed by atoms with van der Waals surface area (Å²) in [7, 11) is 0. The molecule has 0 radical (unpaired) electrons. The number of ether oxygens (including phenoxy) is 1. The molecule has 0 aliphatic rings. The number of carbonyl (C=O) groups is 2. The molecule has 6 nitrogen and oxygen atoms in total. The minimum atomic E-state index is -0.572. The maximum Gasteiger partial charge on any atom is 0.338 e. The van der Waals surface area contributed by atoms with Gasteiger partial charge < -0.3 is 10.1 Å². The third-order valence-corrected chi connectivity index (χ3v) is 4.70. The molecule has 0 aliphatic carbocycles. The smallest absolute Gasteiger partial charge is 0.338 e. The molecule has 29 heavy (non-hydrogen) atoms. The lowest BCUT2D eigenvalue weighted by Gasteiger charge is -2.08. The quantitative estimate of drug-likeness (QED) is 0.604. The van der Waals surface area contributed by atoms with Crippen molar-refractivity contribution >= 4 is 28.6 Å². The topological polar surface area (TPSA) is 81.2 Å². The van der Waals surface area contributed by atoms with Gasteiger partial charge in [0.2, 0.25) is 0 Å². The van der Waals surface area contributed by atoms with Gasteiger partial charge in [0.25, 0.3) is 5.91 Å². The van der Waals surface area contributed by atoms with E-state index in [0.717, 1.165) is 30.7 Å². The highest BCUT2D eigenvalue weighted by Crippen LogP contribution is 2.15. The first-order chi connectivity index (χ1) is 14.0. The normalized spacial score (nSPS) is 10.7. The lowest BCUT2D eigenvalue weighted by atomic mass is 10.1. The summed E-state index contributed by atoms with van der Waals surface area (Å²) >= 11 is 0. The second kappa shape index (κ2) is 9.28. The summed E-state index contributed by atoms with van der Waals surface area (Å²) in [5, 5.41) is 2.74. The zero-order valence-electron chi connectivity index (χ0n) is 17.0. The molecule has 2 aromatic carbocycles. The zero-order valence-corrected chi connectivity index (χ0v) is 17.0. The summed E-state index contributed by atoms with van der Waals surface area (Å²) in [6.07, 6.45) is 3.31. The summed E-state index contributed by atoms with van der Waals surface area (Å²) in [4.78, 5) is 33.3. The average Bonchev–Trinajstić information content (AvgIpc) is 2.72. The maximum absolute atomic E-state index is 12.3. The van der Waals surface area contributed by atoms with E-state index < -0.39 is 5.97 Å². The highest BCUT2D eigenvalue weighted by Gasteiger charge is 2.12. The summed E-state index contributed by atoms with van der Waals surface area (Å²) in [5.41, 5.74) is 5.24. The van der Waals surface area contributed by atoms with Gasteiger partial charge in [0.05, 0.1) is 28.0 Å². The van der Waals surface area contributed by atoms with Crippen molar-refractivity contribution in [3.63, 3.8) is 0 Å². The number of carbonyl (C=O) groups excluding carboxylic acids is 2. The molecule has 150 valence electrons. The van der Waals surface area contributed by atoms with Gasteiger partial charge in [-0.2, -0.15) is 0 Å². The summed E-state index contributed by atoms with van der Waals surface area (Å²) in [6.45, 7) is 5.56. The first-order valence-electron chi connectivity index (χ1n) is 9.77. The molecule has 6 heteroatoms. The van der Waals surface area contributed by atoms with Crippen molar-refractivity contribution in [2.45, 2.75) is 40.0 Å². The number of benzene rings is 2. The van der Waals surface area contributed by atoms with E-state index in [4.69, 9.17) is 4.74 Å². The number of unbranched alkanes of at least 4 members (excludes halogenated alkanes) is 1. The maximum atomic E-state index is 12.3. The van der Waals surface area contributed by atoms with Gasteiger partial charge >= 0.3 is 5.97 Å². The van der Waals surface area contributed by atoms with Crippen LogP contribution in [0.25, 0.3) is 11.0 Å². The van der Waals surface area contributed by atoms with Gasteiger partial charge in [-0.05, 0) is 62.6 Å². The number of nitrogens with zero attached hydrogens (tertiary/aromatic N) is 2. The predicted molar refractivity (Wildman–Crippen MR) is 113 cm³/mol. The van der Waals surface area contributed by atoms with E-state index in [1.165, 1.54) is 5.56 Å². The molecule has 0 unspecified atom stereocenters. The van der Waals surface area contributed by atoms with Crippen LogP contribution in [0, 0.1) is 13.8 Å². The first-order valence-corrected chi connectivity index (χ1v) is 9.77. The number of rotatable bonds is 7. The Kier molecular flexibility index (Phi) is 6.54. The molecule has 3 aromatic rings. The molecule has 1 N–H and O–H groups in total. The number of amides is 1. The van der Waals surface area contributed by atoms with E-state index in [1.807, 2.05) is 38.1 Å². The number of aromatic nitrogens is 2. The van der Waals surface area contributed by atoms with E-state index in [0.29, 0.717) is 22.3 Å². The SMILES string of the molecule is CCCCc1ccc(NC(=O)COC(=O)c2ccc3nc(C)c(C)nc3c2)cc1. The van der Waals surface area contributed by atoms with Gasteiger partial charge in [-0.15, -0.1) is 0 Å². The van der Waals surface area contributed by atoms with Gasteiger partial charge in [0.15, 0.2) is 6.61 Å². The van der Waals surface area contributed by atoms with Gasteiger partial charge in [0.1, 0.15) is 0 Å². The Morgan fingerprint density at radius 2 is 1.66 bits per heavy atom. The third-order valence-electron chi connectivity index (χ3n) is 4.70. The second-order valence-electron chi connectivity index (χ2n) is 7.02. The van der Waals surface area contributed by atoms with Crippen molar-refractivity contribution in [1.82, 2.24) is 9.97 Å². The molecule has 0 spiro atoms. The van der Waals surface area contributed by atoms with Crippen molar-refractivity contribution in [2.75, 3.05) is 11.9 Å². The fourth-order valence-corrected chi connectivity index (χ4v) is 2.90. The Balaban J connectivity index is 1.56. The largest absolute Gasteiger partial charge is 0.452 e. The molecule has 0 atom stereocenters. The van der Waals surface area contributed by atoms with Gasteiger partial charge in [-0.25, -0.2) is 14.8 Å². The number of esters is 1. The van der Waals surface area contributed by atoms with Gasteiger partial charge in [-0.3, -0.25) is 4.79 Å². The fourth-order valence-electron chi connectivity index (χ4n) is 2.90. The number of anilines is 1. The van der Waals surface area contributed by atoms with Crippen molar-refractivity contribution in [1.29, 1.82) is 0 Å². The predicted octanol–water partition coefficient (Wildman–Crippen LogP) is 4.38. The van der Waals surface area contributed by atoms with Crippen LogP contribution in [-0.2, 0) is 16.0 Å². The number of hydrogen-bond acceptors (Lipinski definition) is 5. The second-order valence-corrected chi connectivity index (χ2v) is 7.02. The van der Waals surface area contributed by atoms with Crippen LogP contribution >= 0.6 is 0 Å². The third kappa shape index (κ3) is 5.38. The molecule has 0 bridgehead atoms. The van der Waals surface area contributed by atoms with Crippen LogP contribution in [0.2, 0.25) is 0 Å². The summed E-state index contributed by atoms with van der Waals surface area (Å²) in [6, 6.07) is 12.7. The lowest BCUT2D eigenvalue weighted by Crippen LogP contribution is -2.21. The van der Waals surface area contributed by atoms with E-state index in [1.54, 1.807) is 18.2 Å². The number of hydrogen-bond donors (Lipinski definition) is 1. The minimum Gasteiger partial charge on any atom is -0.452 e. The van der Waals surface area contributed by atoms with E-state index in [-0.39, 0.29) is 12.5 Å². The summed E-state index contributed by atoms with van der Waals surface area (Å²) < 4.78 is 5.14. The Morgan fingerprint density at radius 3 is 2.34 bits per heavy atom. The van der Waals surface area contributed by atoms with Crippen LogP contribution in [0.5, 0.6) is 0 Å². The van der Waals surface area contributed by atoms with Crippen molar-refractivity contribution in [3.05, 3.63) is 65.0 Å². The molecule has 0 fully saturated rings. The molecule has 1 aromatic heterocycles. The number of fused-ring (bicyclic) bond motifs is 1. The number of aryl methyl sites for hydroxylation is 3. The van der Waals surface area contributed by atoms with Gasteiger partial charge in [0, 0.05) is 5.69 Å². The highest BCUT2D eigenvalue weighted by atomic mass is 16.5. The van der Waals surface area contributed by atoms with Crippen LogP contribution in [-0.4, -0.2) is 28.5 Å².